The molecule has 18 heavy (non-hydrogen) atoms. The fourth-order valence-electron chi connectivity index (χ4n) is 1.87. The molecule has 0 aliphatic carbocycles. The van der Waals surface area contributed by atoms with Crippen LogP contribution in [0.5, 0.6) is 0 Å². The molecule has 0 aromatic carbocycles. The third-order valence-corrected chi connectivity index (χ3v) is 2.72. The van der Waals surface area contributed by atoms with Gasteiger partial charge in [-0.3, -0.25) is 0 Å². The number of carbonyl (C=O) groups excluding carboxylic acids is 1. The molecule has 1 saturated heterocycles. The number of aliphatic hydroxyl groups excluding tert-OH is 1. The molecule has 2 atom stereocenters. The molecule has 1 rings (SSSR count). The first-order valence-electron chi connectivity index (χ1n) is 5.72. The minimum atomic E-state index is -4.36. The van der Waals surface area contributed by atoms with Crippen LogP contribution in [0.4, 0.5) is 18.0 Å². The van der Waals surface area contributed by atoms with E-state index in [4.69, 9.17) is 9.84 Å². The number of halogens is 3. The topological polar surface area (TPSA) is 49.8 Å². The highest BCUT2D eigenvalue weighted by molar-refractivity contribution is 5.69. The van der Waals surface area contributed by atoms with E-state index < -0.39 is 43.0 Å². The van der Waals surface area contributed by atoms with E-state index in [0.717, 1.165) is 4.90 Å². The van der Waals surface area contributed by atoms with Gasteiger partial charge in [0.05, 0.1) is 18.6 Å². The summed E-state index contributed by atoms with van der Waals surface area (Å²) < 4.78 is 42.8. The van der Waals surface area contributed by atoms with Gasteiger partial charge in [-0.25, -0.2) is 4.79 Å². The molecule has 0 aromatic rings. The maximum absolute atomic E-state index is 12.6. The lowest BCUT2D eigenvalue weighted by atomic mass is 10.1. The Hall–Kier alpha value is -0.980. The van der Waals surface area contributed by atoms with E-state index >= 15 is 0 Å². The number of rotatable bonds is 1. The molecule has 1 amide bonds. The minimum Gasteiger partial charge on any atom is -0.444 e. The summed E-state index contributed by atoms with van der Waals surface area (Å²) in [6.07, 6.45) is -5.45. The third kappa shape index (κ3) is 3.76. The average Bonchev–Trinajstić information content (AvgIpc) is 2.57. The van der Waals surface area contributed by atoms with Crippen molar-refractivity contribution in [1.29, 1.82) is 0 Å². The second-order valence-electron chi connectivity index (χ2n) is 5.44. The van der Waals surface area contributed by atoms with E-state index in [1.165, 1.54) is 0 Å². The molecule has 1 fully saturated rings. The molecule has 1 heterocycles. The summed E-state index contributed by atoms with van der Waals surface area (Å²) in [7, 11) is 0. The normalized spacial score (nSPS) is 25.4. The van der Waals surface area contributed by atoms with Crippen molar-refractivity contribution in [2.24, 2.45) is 5.92 Å². The highest BCUT2D eigenvalue weighted by Gasteiger charge is 2.49. The fourth-order valence-corrected chi connectivity index (χ4v) is 1.87. The predicted octanol–water partition coefficient (Wildman–Crippen LogP) is 2.17. The Morgan fingerprint density at radius 2 is 1.94 bits per heavy atom. The van der Waals surface area contributed by atoms with E-state index in [1.807, 2.05) is 0 Å². The lowest BCUT2D eigenvalue weighted by molar-refractivity contribution is -0.170. The molecule has 1 aliphatic heterocycles. The zero-order chi connectivity index (χ0) is 14.1. The molecule has 0 aromatic heterocycles. The maximum Gasteiger partial charge on any atom is 0.410 e. The van der Waals surface area contributed by atoms with Gasteiger partial charge in [0, 0.05) is 6.54 Å². The number of alkyl halides is 3. The van der Waals surface area contributed by atoms with Crippen molar-refractivity contribution in [3.63, 3.8) is 0 Å². The van der Waals surface area contributed by atoms with Crippen molar-refractivity contribution in [1.82, 2.24) is 4.90 Å². The van der Waals surface area contributed by atoms with Gasteiger partial charge in [0.15, 0.2) is 0 Å². The Morgan fingerprint density at radius 3 is 2.33 bits per heavy atom. The van der Waals surface area contributed by atoms with Gasteiger partial charge in [0.1, 0.15) is 5.60 Å². The Bertz CT molecular complexity index is 312. The maximum atomic E-state index is 12.6. The second kappa shape index (κ2) is 4.95. The van der Waals surface area contributed by atoms with Crippen molar-refractivity contribution in [3.05, 3.63) is 0 Å². The molecule has 0 bridgehead atoms. The zero-order valence-corrected chi connectivity index (χ0v) is 10.6. The minimum absolute atomic E-state index is 0.279. The molecule has 0 spiro atoms. The quantitative estimate of drug-likeness (QED) is 0.793. The number of nitrogens with zero attached hydrogens (tertiary/aromatic N) is 1. The van der Waals surface area contributed by atoms with E-state index in [1.54, 1.807) is 20.8 Å². The summed E-state index contributed by atoms with van der Waals surface area (Å²) in [5, 5.41) is 9.05. The van der Waals surface area contributed by atoms with Crippen molar-refractivity contribution in [2.75, 3.05) is 13.2 Å². The highest BCUT2D eigenvalue weighted by Crippen LogP contribution is 2.36. The monoisotopic (exact) mass is 269 g/mol. The first-order chi connectivity index (χ1) is 8.04. The number of likely N-dealkylation sites (tertiary alicyclic amines) is 1. The number of hydrogen-bond donors (Lipinski definition) is 1. The molecule has 0 unspecified atom stereocenters. The van der Waals surface area contributed by atoms with Crippen LogP contribution in [0, 0.1) is 5.92 Å². The van der Waals surface area contributed by atoms with Gasteiger partial charge >= 0.3 is 12.3 Å². The Kier molecular flexibility index (Phi) is 4.15. The average molecular weight is 269 g/mol. The van der Waals surface area contributed by atoms with Crippen molar-refractivity contribution >= 4 is 6.09 Å². The Morgan fingerprint density at radius 1 is 1.39 bits per heavy atom. The van der Waals surface area contributed by atoms with Gasteiger partial charge in [0.2, 0.25) is 0 Å². The van der Waals surface area contributed by atoms with Crippen LogP contribution in [-0.2, 0) is 4.74 Å². The molecule has 1 aliphatic rings. The van der Waals surface area contributed by atoms with Gasteiger partial charge in [0.25, 0.3) is 0 Å². The summed E-state index contributed by atoms with van der Waals surface area (Å²) in [5.41, 5.74) is -0.770. The van der Waals surface area contributed by atoms with Gasteiger partial charge in [-0.1, -0.05) is 0 Å². The van der Waals surface area contributed by atoms with Gasteiger partial charge in [-0.2, -0.15) is 13.2 Å². The SMILES string of the molecule is CC(C)(C)OC(=O)N1C[C@H](C(F)(F)F)C[C@@H]1CO. The van der Waals surface area contributed by atoms with Crippen molar-refractivity contribution < 1.29 is 27.8 Å². The first-order valence-corrected chi connectivity index (χ1v) is 5.72. The van der Waals surface area contributed by atoms with Gasteiger partial charge in [-0.15, -0.1) is 0 Å². The van der Waals surface area contributed by atoms with Crippen LogP contribution in [0.3, 0.4) is 0 Å². The Balaban J connectivity index is 2.73. The van der Waals surface area contributed by atoms with Crippen LogP contribution in [0.1, 0.15) is 27.2 Å². The van der Waals surface area contributed by atoms with E-state index in [9.17, 15) is 18.0 Å². The molecule has 7 heteroatoms. The number of carbonyl (C=O) groups is 1. The third-order valence-electron chi connectivity index (χ3n) is 2.72. The molecular weight excluding hydrogens is 251 g/mol. The number of hydrogen-bond acceptors (Lipinski definition) is 3. The first kappa shape index (κ1) is 15.1. The molecule has 0 radical (unpaired) electrons. The summed E-state index contributed by atoms with van der Waals surface area (Å²) in [6.45, 7) is 3.96. The van der Waals surface area contributed by atoms with Gasteiger partial charge < -0.3 is 14.7 Å². The molecular formula is C11H18F3NO3. The van der Waals surface area contributed by atoms with E-state index in [0.29, 0.717) is 0 Å². The van der Waals surface area contributed by atoms with Crippen LogP contribution in [-0.4, -0.2) is 47.1 Å². The van der Waals surface area contributed by atoms with Crippen molar-refractivity contribution in [3.8, 4) is 0 Å². The van der Waals surface area contributed by atoms with Crippen LogP contribution in [0.25, 0.3) is 0 Å². The lowest BCUT2D eigenvalue weighted by Crippen LogP contribution is -2.41. The highest BCUT2D eigenvalue weighted by atomic mass is 19.4. The lowest BCUT2D eigenvalue weighted by Gasteiger charge is -2.27. The molecule has 4 nitrogen and oxygen atoms in total. The largest absolute Gasteiger partial charge is 0.444 e. The smallest absolute Gasteiger partial charge is 0.410 e. The van der Waals surface area contributed by atoms with E-state index in [2.05, 4.69) is 0 Å². The Labute approximate surface area is 104 Å². The summed E-state index contributed by atoms with van der Waals surface area (Å²) >= 11 is 0. The van der Waals surface area contributed by atoms with Gasteiger partial charge in [-0.05, 0) is 27.2 Å². The molecule has 0 saturated carbocycles. The second-order valence-corrected chi connectivity index (χ2v) is 5.44. The summed E-state index contributed by atoms with van der Waals surface area (Å²) in [6, 6.07) is -0.827. The van der Waals surface area contributed by atoms with Crippen LogP contribution >= 0.6 is 0 Å². The van der Waals surface area contributed by atoms with Crippen molar-refractivity contribution in [2.45, 2.75) is 45.0 Å². The van der Waals surface area contributed by atoms with Crippen LogP contribution < -0.4 is 0 Å². The number of amides is 1. The fraction of sp³-hybridized carbons (Fsp3) is 0.909. The summed E-state index contributed by atoms with van der Waals surface area (Å²) in [5.74, 6) is -1.60. The van der Waals surface area contributed by atoms with E-state index in [-0.39, 0.29) is 6.42 Å². The zero-order valence-electron chi connectivity index (χ0n) is 10.6. The number of aliphatic hydroxyl groups is 1. The standard InChI is InChI=1S/C11H18F3NO3/c1-10(2,3)18-9(17)15-5-7(11(12,13)14)4-8(15)6-16/h7-8,16H,4-6H2,1-3H3/t7-,8-/m1/s1. The van der Waals surface area contributed by atoms with Crippen LogP contribution in [0.2, 0.25) is 0 Å². The van der Waals surface area contributed by atoms with Crippen LogP contribution in [0.15, 0.2) is 0 Å². The predicted molar refractivity (Wildman–Crippen MR) is 58.0 cm³/mol. The molecule has 106 valence electrons. The summed E-state index contributed by atoms with van der Waals surface area (Å²) in [4.78, 5) is 12.7. The number of ether oxygens (including phenoxy) is 1. The molecule has 1 N–H and O–H groups in total.